The van der Waals surface area contributed by atoms with Crippen LogP contribution in [0.5, 0.6) is 0 Å². The summed E-state index contributed by atoms with van der Waals surface area (Å²) in [4.78, 5) is 2.02. The molecule has 92 valence electrons. The molecule has 1 aromatic rings. The predicted octanol–water partition coefficient (Wildman–Crippen LogP) is 2.48. The first-order valence-electron chi connectivity index (χ1n) is 5.96. The maximum atomic E-state index is 10.2. The third-order valence-electron chi connectivity index (χ3n) is 2.93. The largest absolute Gasteiger partial charge is 0.495 e. The number of aliphatic hydroxyl groups excluding tert-OH is 1. The average Bonchev–Trinajstić information content (AvgIpc) is 2.39. The Morgan fingerprint density at radius 1 is 1.35 bits per heavy atom. The standard InChI is InChI=1S/C14H19NO2/c1-15(2)12-7-5-6-11(10-12)14(16)13-8-3-4-9-17-13/h5-8,10,14,16H,3-4,9H2,1-2H3. The van der Waals surface area contributed by atoms with Gasteiger partial charge < -0.3 is 14.7 Å². The molecule has 0 saturated carbocycles. The number of anilines is 1. The lowest BCUT2D eigenvalue weighted by molar-refractivity contribution is 0.0918. The molecule has 0 spiro atoms. The molecule has 0 amide bonds. The molecule has 1 heterocycles. The van der Waals surface area contributed by atoms with E-state index < -0.39 is 6.10 Å². The summed E-state index contributed by atoms with van der Waals surface area (Å²) >= 11 is 0. The predicted molar refractivity (Wildman–Crippen MR) is 69.0 cm³/mol. The first-order valence-corrected chi connectivity index (χ1v) is 5.96. The van der Waals surface area contributed by atoms with E-state index in [1.165, 1.54) is 0 Å². The highest BCUT2D eigenvalue weighted by atomic mass is 16.5. The van der Waals surface area contributed by atoms with Crippen LogP contribution in [0.4, 0.5) is 5.69 Å². The van der Waals surface area contributed by atoms with Crippen LogP contribution < -0.4 is 4.90 Å². The minimum absolute atomic E-state index is 0.643. The maximum absolute atomic E-state index is 10.2. The van der Waals surface area contributed by atoms with E-state index >= 15 is 0 Å². The second-order valence-electron chi connectivity index (χ2n) is 4.49. The number of benzene rings is 1. The fourth-order valence-corrected chi connectivity index (χ4v) is 1.90. The van der Waals surface area contributed by atoms with Gasteiger partial charge >= 0.3 is 0 Å². The summed E-state index contributed by atoms with van der Waals surface area (Å²) in [5, 5.41) is 10.2. The first-order chi connectivity index (χ1) is 8.18. The van der Waals surface area contributed by atoms with Crippen molar-refractivity contribution in [1.29, 1.82) is 0 Å². The van der Waals surface area contributed by atoms with E-state index in [0.29, 0.717) is 12.4 Å². The highest BCUT2D eigenvalue weighted by molar-refractivity contribution is 5.48. The lowest BCUT2D eigenvalue weighted by Crippen LogP contribution is -2.12. The lowest BCUT2D eigenvalue weighted by Gasteiger charge is -2.21. The number of allylic oxidation sites excluding steroid dienone is 1. The van der Waals surface area contributed by atoms with Gasteiger partial charge in [-0.1, -0.05) is 12.1 Å². The van der Waals surface area contributed by atoms with Crippen molar-refractivity contribution in [2.45, 2.75) is 18.9 Å². The van der Waals surface area contributed by atoms with Crippen molar-refractivity contribution >= 4 is 5.69 Å². The number of hydrogen-bond acceptors (Lipinski definition) is 3. The van der Waals surface area contributed by atoms with Gasteiger partial charge in [-0.2, -0.15) is 0 Å². The number of aliphatic hydroxyl groups is 1. The second-order valence-corrected chi connectivity index (χ2v) is 4.49. The molecular weight excluding hydrogens is 214 g/mol. The van der Waals surface area contributed by atoms with Crippen LogP contribution in [0.25, 0.3) is 0 Å². The summed E-state index contributed by atoms with van der Waals surface area (Å²) in [6.45, 7) is 0.705. The molecule has 1 N–H and O–H groups in total. The van der Waals surface area contributed by atoms with E-state index in [4.69, 9.17) is 4.74 Å². The Morgan fingerprint density at radius 3 is 2.82 bits per heavy atom. The van der Waals surface area contributed by atoms with Crippen LogP contribution in [-0.2, 0) is 4.74 Å². The second kappa shape index (κ2) is 5.23. The smallest absolute Gasteiger partial charge is 0.136 e. The fraction of sp³-hybridized carbons (Fsp3) is 0.429. The van der Waals surface area contributed by atoms with E-state index in [1.54, 1.807) is 0 Å². The van der Waals surface area contributed by atoms with Crippen LogP contribution in [0.2, 0.25) is 0 Å². The molecule has 1 aromatic carbocycles. The molecule has 2 rings (SSSR count). The van der Waals surface area contributed by atoms with E-state index in [9.17, 15) is 5.11 Å². The summed E-state index contributed by atoms with van der Waals surface area (Å²) in [5.41, 5.74) is 1.96. The zero-order chi connectivity index (χ0) is 12.3. The van der Waals surface area contributed by atoms with Gasteiger partial charge in [0, 0.05) is 19.8 Å². The normalized spacial score (nSPS) is 17.0. The zero-order valence-electron chi connectivity index (χ0n) is 10.4. The zero-order valence-corrected chi connectivity index (χ0v) is 10.4. The van der Waals surface area contributed by atoms with Gasteiger partial charge in [0.2, 0.25) is 0 Å². The molecule has 1 unspecified atom stereocenters. The van der Waals surface area contributed by atoms with E-state index in [1.807, 2.05) is 49.3 Å². The Labute approximate surface area is 102 Å². The van der Waals surface area contributed by atoms with Crippen molar-refractivity contribution in [2.24, 2.45) is 0 Å². The minimum Gasteiger partial charge on any atom is -0.495 e. The van der Waals surface area contributed by atoms with Gasteiger partial charge in [0.25, 0.3) is 0 Å². The van der Waals surface area contributed by atoms with Crippen molar-refractivity contribution in [1.82, 2.24) is 0 Å². The van der Waals surface area contributed by atoms with Gasteiger partial charge in [-0.15, -0.1) is 0 Å². The van der Waals surface area contributed by atoms with E-state index in [-0.39, 0.29) is 0 Å². The SMILES string of the molecule is CN(C)c1cccc(C(O)C2=CCCCO2)c1. The molecule has 1 atom stereocenters. The van der Waals surface area contributed by atoms with Crippen molar-refractivity contribution in [3.63, 3.8) is 0 Å². The van der Waals surface area contributed by atoms with Crippen molar-refractivity contribution in [3.05, 3.63) is 41.7 Å². The molecule has 0 radical (unpaired) electrons. The number of rotatable bonds is 3. The molecule has 0 aromatic heterocycles. The Morgan fingerprint density at radius 2 is 2.18 bits per heavy atom. The Kier molecular flexibility index (Phi) is 3.69. The summed E-state index contributed by atoms with van der Waals surface area (Å²) in [6.07, 6.45) is 3.36. The van der Waals surface area contributed by atoms with Gasteiger partial charge in [-0.3, -0.25) is 0 Å². The Hall–Kier alpha value is -1.48. The molecule has 3 nitrogen and oxygen atoms in total. The van der Waals surface area contributed by atoms with Crippen LogP contribution in [0.1, 0.15) is 24.5 Å². The highest BCUT2D eigenvalue weighted by Gasteiger charge is 2.17. The van der Waals surface area contributed by atoms with Crippen LogP contribution >= 0.6 is 0 Å². The van der Waals surface area contributed by atoms with Crippen LogP contribution in [0, 0.1) is 0 Å². The molecule has 17 heavy (non-hydrogen) atoms. The summed E-state index contributed by atoms with van der Waals surface area (Å²) in [6, 6.07) is 7.89. The summed E-state index contributed by atoms with van der Waals surface area (Å²) in [5.74, 6) is 0.687. The van der Waals surface area contributed by atoms with Gasteiger partial charge in [-0.05, 0) is 36.6 Å². The molecule has 3 heteroatoms. The van der Waals surface area contributed by atoms with E-state index in [0.717, 1.165) is 24.1 Å². The van der Waals surface area contributed by atoms with Crippen molar-refractivity contribution in [2.75, 3.05) is 25.6 Å². The average molecular weight is 233 g/mol. The molecule has 0 saturated heterocycles. The minimum atomic E-state index is -0.643. The van der Waals surface area contributed by atoms with Crippen LogP contribution in [0.3, 0.4) is 0 Å². The molecule has 0 aliphatic carbocycles. The number of ether oxygens (including phenoxy) is 1. The van der Waals surface area contributed by atoms with Crippen molar-refractivity contribution < 1.29 is 9.84 Å². The quantitative estimate of drug-likeness (QED) is 0.870. The molecule has 0 bridgehead atoms. The lowest BCUT2D eigenvalue weighted by atomic mass is 10.0. The van der Waals surface area contributed by atoms with Gasteiger partial charge in [0.1, 0.15) is 11.9 Å². The number of nitrogens with zero attached hydrogens (tertiary/aromatic N) is 1. The molecule has 0 fully saturated rings. The van der Waals surface area contributed by atoms with Gasteiger partial charge in [0.15, 0.2) is 0 Å². The first kappa shape index (κ1) is 12.0. The monoisotopic (exact) mass is 233 g/mol. The third kappa shape index (κ3) is 2.80. The molecular formula is C14H19NO2. The highest BCUT2D eigenvalue weighted by Crippen LogP contribution is 2.27. The summed E-state index contributed by atoms with van der Waals surface area (Å²) in [7, 11) is 3.98. The molecule has 1 aliphatic rings. The Bertz CT molecular complexity index is 412. The third-order valence-corrected chi connectivity index (χ3v) is 2.93. The number of hydrogen-bond donors (Lipinski definition) is 1. The summed E-state index contributed by atoms with van der Waals surface area (Å²) < 4.78 is 5.49. The van der Waals surface area contributed by atoms with Crippen molar-refractivity contribution in [3.8, 4) is 0 Å². The topological polar surface area (TPSA) is 32.7 Å². The van der Waals surface area contributed by atoms with Gasteiger partial charge in [0.05, 0.1) is 6.61 Å². The van der Waals surface area contributed by atoms with Gasteiger partial charge in [-0.25, -0.2) is 0 Å². The van der Waals surface area contributed by atoms with Crippen LogP contribution in [0.15, 0.2) is 36.1 Å². The van der Waals surface area contributed by atoms with E-state index in [2.05, 4.69) is 0 Å². The fourth-order valence-electron chi connectivity index (χ4n) is 1.90. The Balaban J connectivity index is 2.21. The van der Waals surface area contributed by atoms with Crippen LogP contribution in [-0.4, -0.2) is 25.8 Å². The maximum Gasteiger partial charge on any atom is 0.136 e. The molecule has 1 aliphatic heterocycles.